The van der Waals surface area contributed by atoms with Crippen LogP contribution in [0.15, 0.2) is 54.6 Å². The van der Waals surface area contributed by atoms with E-state index < -0.39 is 0 Å². The zero-order valence-corrected chi connectivity index (χ0v) is 16.5. The quantitative estimate of drug-likeness (QED) is 0.508. The van der Waals surface area contributed by atoms with Gasteiger partial charge in [0.05, 0.1) is 12.8 Å². The van der Waals surface area contributed by atoms with Crippen LogP contribution in [0.4, 0.5) is 16.3 Å². The molecule has 4 N–H and O–H groups in total. The van der Waals surface area contributed by atoms with E-state index >= 15 is 0 Å². The van der Waals surface area contributed by atoms with Gasteiger partial charge in [-0.25, -0.2) is 9.48 Å². The van der Waals surface area contributed by atoms with Gasteiger partial charge in [0.2, 0.25) is 0 Å². The van der Waals surface area contributed by atoms with Crippen LogP contribution in [0.3, 0.4) is 0 Å². The molecule has 29 heavy (non-hydrogen) atoms. The summed E-state index contributed by atoms with van der Waals surface area (Å²) in [4.78, 5) is 12.4. The maximum Gasteiger partial charge on any atom is 0.319 e. The van der Waals surface area contributed by atoms with Crippen LogP contribution in [0.2, 0.25) is 0 Å². The standard InChI is InChI=1S/C21H25N5O3/c1-28-14-6-13-23-21(27)24-19-18(15-9-11-17(29-2)12-10-15)25-26(20(19)22)16-7-4-3-5-8-16/h3-5,7-12H,6,13-14,22H2,1-2H3,(H2,23,24,27). The number of anilines is 2. The largest absolute Gasteiger partial charge is 0.497 e. The summed E-state index contributed by atoms with van der Waals surface area (Å²) >= 11 is 0. The fourth-order valence-corrected chi connectivity index (χ4v) is 2.85. The number of nitrogens with two attached hydrogens (primary N) is 1. The molecule has 0 saturated carbocycles. The number of nitrogens with one attached hydrogen (secondary N) is 2. The molecule has 1 aromatic heterocycles. The summed E-state index contributed by atoms with van der Waals surface area (Å²) in [6.45, 7) is 1.07. The highest BCUT2D eigenvalue weighted by Crippen LogP contribution is 2.34. The molecule has 0 radical (unpaired) electrons. The summed E-state index contributed by atoms with van der Waals surface area (Å²) in [5.74, 6) is 1.07. The van der Waals surface area contributed by atoms with Gasteiger partial charge >= 0.3 is 6.03 Å². The van der Waals surface area contributed by atoms with Crippen LogP contribution >= 0.6 is 0 Å². The van der Waals surface area contributed by atoms with E-state index in [2.05, 4.69) is 15.7 Å². The van der Waals surface area contributed by atoms with E-state index in [1.165, 1.54) is 0 Å². The zero-order chi connectivity index (χ0) is 20.6. The molecule has 0 unspecified atom stereocenters. The number of hydrogen-bond acceptors (Lipinski definition) is 5. The van der Waals surface area contributed by atoms with E-state index in [1.54, 1.807) is 18.9 Å². The number of hydrogen-bond donors (Lipinski definition) is 3. The first-order valence-electron chi connectivity index (χ1n) is 9.26. The van der Waals surface area contributed by atoms with Gasteiger partial charge in [-0.3, -0.25) is 0 Å². The van der Waals surface area contributed by atoms with Crippen molar-refractivity contribution in [1.29, 1.82) is 0 Å². The lowest BCUT2D eigenvalue weighted by atomic mass is 10.1. The Kier molecular flexibility index (Phi) is 6.70. The summed E-state index contributed by atoms with van der Waals surface area (Å²) in [7, 11) is 3.23. The number of benzene rings is 2. The van der Waals surface area contributed by atoms with Gasteiger partial charge in [-0.2, -0.15) is 5.10 Å². The normalized spacial score (nSPS) is 10.6. The number of carbonyl (C=O) groups excluding carboxylic acids is 1. The van der Waals surface area contributed by atoms with Crippen molar-refractivity contribution in [3.05, 3.63) is 54.6 Å². The Bertz CT molecular complexity index is 939. The fraction of sp³-hybridized carbons (Fsp3) is 0.238. The monoisotopic (exact) mass is 395 g/mol. The Hall–Kier alpha value is -3.52. The molecule has 2 aromatic carbocycles. The number of rotatable bonds is 8. The van der Waals surface area contributed by atoms with Gasteiger partial charge in [0.1, 0.15) is 17.1 Å². The van der Waals surface area contributed by atoms with Crippen molar-refractivity contribution in [3.8, 4) is 22.7 Å². The van der Waals surface area contributed by atoms with Crippen molar-refractivity contribution in [2.24, 2.45) is 0 Å². The summed E-state index contributed by atoms with van der Waals surface area (Å²) < 4.78 is 11.8. The highest BCUT2D eigenvalue weighted by atomic mass is 16.5. The maximum atomic E-state index is 12.4. The molecule has 0 fully saturated rings. The number of urea groups is 1. The first-order valence-corrected chi connectivity index (χ1v) is 9.26. The molecule has 0 saturated heterocycles. The first-order chi connectivity index (χ1) is 14.1. The minimum absolute atomic E-state index is 0.342. The third kappa shape index (κ3) is 4.85. The number of nitrogens with zero attached hydrogens (tertiary/aromatic N) is 2. The van der Waals surface area contributed by atoms with Crippen LogP contribution in [0.1, 0.15) is 6.42 Å². The molecule has 3 rings (SSSR count). The molecule has 0 atom stereocenters. The number of carbonyl (C=O) groups is 1. The molecule has 8 nitrogen and oxygen atoms in total. The zero-order valence-electron chi connectivity index (χ0n) is 16.5. The Morgan fingerprint density at radius 1 is 1.10 bits per heavy atom. The number of aromatic nitrogens is 2. The molecule has 1 heterocycles. The summed E-state index contributed by atoms with van der Waals surface area (Å²) in [5, 5.41) is 10.3. The smallest absolute Gasteiger partial charge is 0.319 e. The maximum absolute atomic E-state index is 12.4. The summed E-state index contributed by atoms with van der Waals surface area (Å²) in [5.41, 5.74) is 8.99. The Balaban J connectivity index is 1.93. The molecule has 0 spiro atoms. The molecule has 3 aromatic rings. The summed E-state index contributed by atoms with van der Waals surface area (Å²) in [6.07, 6.45) is 0.716. The van der Waals surface area contributed by atoms with Crippen molar-refractivity contribution >= 4 is 17.5 Å². The lowest BCUT2D eigenvalue weighted by Crippen LogP contribution is -2.30. The highest BCUT2D eigenvalue weighted by molar-refractivity contribution is 5.97. The van der Waals surface area contributed by atoms with E-state index in [0.29, 0.717) is 36.8 Å². The van der Waals surface area contributed by atoms with E-state index in [9.17, 15) is 4.79 Å². The van der Waals surface area contributed by atoms with Gasteiger partial charge in [0.15, 0.2) is 5.82 Å². The summed E-state index contributed by atoms with van der Waals surface area (Å²) in [6, 6.07) is 16.6. The second kappa shape index (κ2) is 9.61. The lowest BCUT2D eigenvalue weighted by molar-refractivity contribution is 0.194. The highest BCUT2D eigenvalue weighted by Gasteiger charge is 2.20. The molecule has 0 aliphatic rings. The second-order valence-electron chi connectivity index (χ2n) is 6.31. The van der Waals surface area contributed by atoms with Crippen LogP contribution in [0, 0.1) is 0 Å². The van der Waals surface area contributed by atoms with E-state index in [-0.39, 0.29) is 6.03 Å². The number of ether oxygens (including phenoxy) is 2. The van der Waals surface area contributed by atoms with E-state index in [0.717, 1.165) is 17.0 Å². The average molecular weight is 395 g/mol. The average Bonchev–Trinajstić information content (AvgIpc) is 3.08. The molecule has 0 bridgehead atoms. The fourth-order valence-electron chi connectivity index (χ4n) is 2.85. The first kappa shape index (κ1) is 20.2. The van der Waals surface area contributed by atoms with Crippen LogP contribution in [0.25, 0.3) is 16.9 Å². The Labute approximate surface area is 169 Å². The molecular formula is C21H25N5O3. The number of nitrogen functional groups attached to an aromatic ring is 1. The lowest BCUT2D eigenvalue weighted by Gasteiger charge is -2.09. The van der Waals surface area contributed by atoms with Crippen molar-refractivity contribution in [3.63, 3.8) is 0 Å². The number of methoxy groups -OCH3 is 2. The van der Waals surface area contributed by atoms with Crippen LogP contribution in [-0.2, 0) is 4.74 Å². The van der Waals surface area contributed by atoms with Crippen molar-refractivity contribution in [1.82, 2.24) is 15.1 Å². The van der Waals surface area contributed by atoms with Crippen molar-refractivity contribution in [2.45, 2.75) is 6.42 Å². The van der Waals surface area contributed by atoms with E-state index in [4.69, 9.17) is 15.2 Å². The molecule has 8 heteroatoms. The van der Waals surface area contributed by atoms with Gasteiger partial charge in [0, 0.05) is 25.8 Å². The Morgan fingerprint density at radius 2 is 1.83 bits per heavy atom. The van der Waals surface area contributed by atoms with Crippen molar-refractivity contribution < 1.29 is 14.3 Å². The minimum Gasteiger partial charge on any atom is -0.497 e. The van der Waals surface area contributed by atoms with Crippen molar-refractivity contribution in [2.75, 3.05) is 38.4 Å². The molecule has 0 aliphatic heterocycles. The van der Waals surface area contributed by atoms with Gasteiger partial charge in [-0.15, -0.1) is 0 Å². The van der Waals surface area contributed by atoms with Crippen LogP contribution in [0.5, 0.6) is 5.75 Å². The molecule has 2 amide bonds. The predicted octanol–water partition coefficient (Wildman–Crippen LogP) is 3.29. The van der Waals surface area contributed by atoms with Gasteiger partial charge in [-0.05, 0) is 42.8 Å². The molecular weight excluding hydrogens is 370 g/mol. The Morgan fingerprint density at radius 3 is 2.48 bits per heavy atom. The van der Waals surface area contributed by atoms with Gasteiger partial charge in [-0.1, -0.05) is 18.2 Å². The third-order valence-corrected chi connectivity index (χ3v) is 4.33. The number of amides is 2. The SMILES string of the molecule is COCCCNC(=O)Nc1c(-c2ccc(OC)cc2)nn(-c2ccccc2)c1N. The van der Waals surface area contributed by atoms with Gasteiger partial charge in [0.25, 0.3) is 0 Å². The second-order valence-corrected chi connectivity index (χ2v) is 6.31. The number of para-hydroxylation sites is 1. The van der Waals surface area contributed by atoms with Crippen LogP contribution in [-0.4, -0.2) is 43.2 Å². The minimum atomic E-state index is -0.352. The van der Waals surface area contributed by atoms with Gasteiger partial charge < -0.3 is 25.8 Å². The molecule has 152 valence electrons. The third-order valence-electron chi connectivity index (χ3n) is 4.33. The van der Waals surface area contributed by atoms with Crippen LogP contribution < -0.4 is 21.1 Å². The molecule has 0 aliphatic carbocycles. The topological polar surface area (TPSA) is 103 Å². The van der Waals surface area contributed by atoms with E-state index in [1.807, 2.05) is 54.6 Å². The predicted molar refractivity (Wildman–Crippen MR) is 113 cm³/mol.